The smallest absolute Gasteiger partial charge is 0.261 e. The lowest BCUT2D eigenvalue weighted by molar-refractivity contribution is 0.0613. The molecule has 0 aromatic heterocycles. The van der Waals surface area contributed by atoms with Crippen molar-refractivity contribution in [3.8, 4) is 5.75 Å². The normalized spacial score (nSPS) is 12.7. The number of hydrogen-bond acceptors (Lipinski definition) is 5. The van der Waals surface area contributed by atoms with Crippen LogP contribution in [0.25, 0.3) is 10.8 Å². The summed E-state index contributed by atoms with van der Waals surface area (Å²) in [6, 6.07) is 18.4. The average Bonchev–Trinajstić information content (AvgIpc) is 2.81. The number of carbonyl (C=O) groups excluding carboxylic acids is 2. The zero-order chi connectivity index (χ0) is 22.5. The van der Waals surface area contributed by atoms with Crippen molar-refractivity contribution in [3.63, 3.8) is 0 Å². The molecule has 3 aromatic carbocycles. The van der Waals surface area contributed by atoms with Gasteiger partial charge in [-0.15, -0.1) is 0 Å². The topological polar surface area (TPSA) is 79.9 Å². The Morgan fingerprint density at radius 1 is 0.938 bits per heavy atom. The lowest BCUT2D eigenvalue weighted by Gasteiger charge is -2.28. The molecule has 0 saturated heterocycles. The van der Waals surface area contributed by atoms with E-state index in [4.69, 9.17) is 21.7 Å². The Morgan fingerprint density at radius 3 is 2.44 bits per heavy atom. The standard InChI is InChI=1S/C24H23N3O4S/c1-30-14-15-31-20-11-10-19-21-17(20)8-5-9-18(21)22(28)27(23(19)29)13-12-25-24(32)26-16-6-3-2-4-7-16/h2-11H,12-15H2,1H3,(H2,25,26,32). The maximum absolute atomic E-state index is 13.1. The SMILES string of the molecule is COCCOc1ccc2c3c(cccc13)C(=O)N(CCNC(=S)Nc1ccccc1)C2=O. The van der Waals surface area contributed by atoms with Crippen LogP contribution in [0, 0.1) is 0 Å². The third-order valence-corrected chi connectivity index (χ3v) is 5.40. The number of imide groups is 1. The quantitative estimate of drug-likeness (QED) is 0.310. The first-order valence-corrected chi connectivity index (χ1v) is 10.6. The third-order valence-electron chi connectivity index (χ3n) is 5.15. The van der Waals surface area contributed by atoms with Crippen molar-refractivity contribution in [1.29, 1.82) is 0 Å². The summed E-state index contributed by atoms with van der Waals surface area (Å²) in [5.74, 6) is -0.0348. The predicted octanol–water partition coefficient (Wildman–Crippen LogP) is 3.45. The van der Waals surface area contributed by atoms with Gasteiger partial charge in [0.1, 0.15) is 12.4 Å². The maximum atomic E-state index is 13.1. The molecule has 0 fully saturated rings. The van der Waals surface area contributed by atoms with Gasteiger partial charge in [-0.1, -0.05) is 30.3 Å². The number of para-hydroxylation sites is 1. The Labute approximate surface area is 191 Å². The van der Waals surface area contributed by atoms with Crippen LogP contribution in [0.3, 0.4) is 0 Å². The van der Waals surface area contributed by atoms with Crippen LogP contribution in [0.5, 0.6) is 5.75 Å². The number of nitrogens with one attached hydrogen (secondary N) is 2. The summed E-state index contributed by atoms with van der Waals surface area (Å²) < 4.78 is 10.8. The van der Waals surface area contributed by atoms with Crippen molar-refractivity contribution in [2.75, 3.05) is 38.7 Å². The van der Waals surface area contributed by atoms with E-state index in [0.717, 1.165) is 11.1 Å². The minimum atomic E-state index is -0.328. The number of anilines is 1. The first-order valence-electron chi connectivity index (χ1n) is 10.2. The molecule has 0 atom stereocenters. The summed E-state index contributed by atoms with van der Waals surface area (Å²) in [5.41, 5.74) is 1.83. The van der Waals surface area contributed by atoms with Gasteiger partial charge in [-0.05, 0) is 42.5 Å². The van der Waals surface area contributed by atoms with E-state index in [1.54, 1.807) is 31.4 Å². The molecule has 0 saturated carbocycles. The van der Waals surface area contributed by atoms with Crippen molar-refractivity contribution < 1.29 is 19.1 Å². The summed E-state index contributed by atoms with van der Waals surface area (Å²) >= 11 is 5.30. The van der Waals surface area contributed by atoms with E-state index < -0.39 is 0 Å². The van der Waals surface area contributed by atoms with Gasteiger partial charge in [-0.3, -0.25) is 14.5 Å². The average molecular weight is 450 g/mol. The minimum absolute atomic E-state index is 0.191. The fraction of sp³-hybridized carbons (Fsp3) is 0.208. The van der Waals surface area contributed by atoms with Crippen LogP contribution < -0.4 is 15.4 Å². The van der Waals surface area contributed by atoms with Gasteiger partial charge >= 0.3 is 0 Å². The van der Waals surface area contributed by atoms with Crippen LogP contribution in [0.4, 0.5) is 5.69 Å². The molecule has 32 heavy (non-hydrogen) atoms. The summed E-state index contributed by atoms with van der Waals surface area (Å²) in [4.78, 5) is 27.5. The summed E-state index contributed by atoms with van der Waals surface area (Å²) in [6.45, 7) is 1.35. The summed E-state index contributed by atoms with van der Waals surface area (Å²) in [7, 11) is 1.60. The largest absolute Gasteiger partial charge is 0.491 e. The van der Waals surface area contributed by atoms with E-state index in [0.29, 0.717) is 47.1 Å². The summed E-state index contributed by atoms with van der Waals surface area (Å²) in [5, 5.41) is 7.91. The zero-order valence-corrected chi connectivity index (χ0v) is 18.4. The number of rotatable bonds is 8. The molecule has 1 aliphatic heterocycles. The van der Waals surface area contributed by atoms with Crippen LogP contribution in [0.15, 0.2) is 60.7 Å². The zero-order valence-electron chi connectivity index (χ0n) is 17.6. The second-order valence-electron chi connectivity index (χ2n) is 7.19. The van der Waals surface area contributed by atoms with Gasteiger partial charge in [-0.25, -0.2) is 0 Å². The molecule has 0 radical (unpaired) electrons. The Balaban J connectivity index is 1.48. The molecule has 1 heterocycles. The Hall–Kier alpha value is -3.49. The van der Waals surface area contributed by atoms with Crippen LogP contribution in [0.1, 0.15) is 20.7 Å². The van der Waals surface area contributed by atoms with Gasteiger partial charge < -0.3 is 20.1 Å². The Kier molecular flexibility index (Phi) is 6.63. The van der Waals surface area contributed by atoms with Crippen LogP contribution in [-0.2, 0) is 4.74 Å². The number of amides is 2. The van der Waals surface area contributed by atoms with E-state index in [1.807, 2.05) is 36.4 Å². The van der Waals surface area contributed by atoms with Crippen molar-refractivity contribution in [2.24, 2.45) is 0 Å². The number of ether oxygens (including phenoxy) is 2. The molecule has 1 aliphatic rings. The van der Waals surface area contributed by atoms with Crippen molar-refractivity contribution in [2.45, 2.75) is 0 Å². The monoisotopic (exact) mass is 449 g/mol. The van der Waals surface area contributed by atoms with E-state index in [1.165, 1.54) is 4.90 Å². The molecule has 0 spiro atoms. The molecule has 7 nitrogen and oxygen atoms in total. The fourth-order valence-corrected chi connectivity index (χ4v) is 3.88. The molecule has 8 heteroatoms. The fourth-order valence-electron chi connectivity index (χ4n) is 3.66. The second-order valence-corrected chi connectivity index (χ2v) is 7.60. The van der Waals surface area contributed by atoms with Gasteiger partial charge in [0.2, 0.25) is 0 Å². The number of nitrogens with zero attached hydrogens (tertiary/aromatic N) is 1. The second kappa shape index (κ2) is 9.76. The highest BCUT2D eigenvalue weighted by molar-refractivity contribution is 7.80. The lowest BCUT2D eigenvalue weighted by Crippen LogP contribution is -2.45. The highest BCUT2D eigenvalue weighted by atomic mass is 32.1. The molecule has 2 N–H and O–H groups in total. The van der Waals surface area contributed by atoms with E-state index in [-0.39, 0.29) is 18.4 Å². The van der Waals surface area contributed by atoms with E-state index in [2.05, 4.69) is 10.6 Å². The first-order chi connectivity index (χ1) is 15.6. The molecule has 0 unspecified atom stereocenters. The van der Waals surface area contributed by atoms with Crippen LogP contribution >= 0.6 is 12.2 Å². The first kappa shape index (κ1) is 21.7. The molecule has 4 rings (SSSR count). The van der Waals surface area contributed by atoms with E-state index >= 15 is 0 Å². The molecule has 0 aliphatic carbocycles. The highest BCUT2D eigenvalue weighted by Gasteiger charge is 2.33. The van der Waals surface area contributed by atoms with Gasteiger partial charge in [0, 0.05) is 47.8 Å². The van der Waals surface area contributed by atoms with Gasteiger partial charge in [0.25, 0.3) is 11.8 Å². The van der Waals surface area contributed by atoms with Gasteiger partial charge in [0.05, 0.1) is 6.61 Å². The molecular formula is C24H23N3O4S. The Bertz CT molecular complexity index is 1140. The summed E-state index contributed by atoms with van der Waals surface area (Å²) in [6.07, 6.45) is 0. The van der Waals surface area contributed by atoms with Crippen molar-refractivity contribution in [1.82, 2.24) is 10.2 Å². The Morgan fingerprint density at radius 2 is 1.69 bits per heavy atom. The lowest BCUT2D eigenvalue weighted by atomic mass is 9.93. The number of methoxy groups -OCH3 is 1. The number of carbonyl (C=O) groups is 2. The number of benzene rings is 3. The molecule has 2 amide bonds. The number of hydrogen-bond donors (Lipinski definition) is 2. The van der Waals surface area contributed by atoms with Crippen molar-refractivity contribution >= 4 is 45.6 Å². The van der Waals surface area contributed by atoms with Gasteiger partial charge in [-0.2, -0.15) is 0 Å². The molecule has 0 bridgehead atoms. The minimum Gasteiger partial charge on any atom is -0.491 e. The molecule has 164 valence electrons. The highest BCUT2D eigenvalue weighted by Crippen LogP contribution is 2.35. The molecule has 3 aromatic rings. The predicted molar refractivity (Wildman–Crippen MR) is 127 cm³/mol. The third kappa shape index (κ3) is 4.42. The maximum Gasteiger partial charge on any atom is 0.261 e. The van der Waals surface area contributed by atoms with Crippen LogP contribution in [-0.4, -0.2) is 55.2 Å². The van der Waals surface area contributed by atoms with Crippen molar-refractivity contribution in [3.05, 3.63) is 71.8 Å². The van der Waals surface area contributed by atoms with E-state index in [9.17, 15) is 9.59 Å². The molecular weight excluding hydrogens is 426 g/mol. The van der Waals surface area contributed by atoms with Crippen LogP contribution in [0.2, 0.25) is 0 Å². The number of thiocarbonyl (C=S) groups is 1. The van der Waals surface area contributed by atoms with Gasteiger partial charge in [0.15, 0.2) is 5.11 Å².